The van der Waals surface area contributed by atoms with Crippen LogP contribution in [0.3, 0.4) is 0 Å². The van der Waals surface area contributed by atoms with Crippen LogP contribution in [0.1, 0.15) is 26.7 Å². The molecule has 1 rings (SSSR count). The Kier molecular flexibility index (Phi) is 2.92. The van der Waals surface area contributed by atoms with Crippen LogP contribution in [0.15, 0.2) is 0 Å². The molecule has 0 N–H and O–H groups in total. The molecule has 0 aromatic carbocycles. The first kappa shape index (κ1) is 7.15. The van der Waals surface area contributed by atoms with Crippen LogP contribution < -0.4 is 0 Å². The average molecular weight is 242 g/mol. The van der Waals surface area contributed by atoms with Gasteiger partial charge in [-0.05, 0) is 0 Å². The normalized spacial score (nSPS) is 39.8. The fourth-order valence-electron chi connectivity index (χ4n) is 0.755. The van der Waals surface area contributed by atoms with E-state index in [0.717, 1.165) is 35.9 Å². The van der Waals surface area contributed by atoms with Crippen LogP contribution in [0.25, 0.3) is 0 Å². The second-order valence-electron chi connectivity index (χ2n) is 2.39. The van der Waals surface area contributed by atoms with Gasteiger partial charge in [-0.15, -0.1) is 0 Å². The molecule has 0 radical (unpaired) electrons. The van der Waals surface area contributed by atoms with Gasteiger partial charge in [0.25, 0.3) is 0 Å². The first-order valence-corrected chi connectivity index (χ1v) is 9.42. The number of rotatable bonds is 0. The Morgan fingerprint density at radius 3 is 1.62 bits per heavy atom. The number of hydrogen-bond donors (Lipinski definition) is 0. The molecule has 1 aliphatic rings. The molecule has 1 aliphatic heterocycles. The minimum atomic E-state index is 1.05. The summed E-state index contributed by atoms with van der Waals surface area (Å²) in [6.07, 6.45) is 3.03. The molecule has 0 aromatic rings. The van der Waals surface area contributed by atoms with Crippen molar-refractivity contribution in [1.82, 2.24) is 0 Å². The van der Waals surface area contributed by atoms with Crippen molar-refractivity contribution in [2.45, 2.75) is 36.3 Å². The molecular formula is C6H12Se2. The standard InChI is InChI=1S/C6H12Se2/c1-5-3-4-6(2)8-7-5/h5-6H,3-4H2,1-2H3. The van der Waals surface area contributed by atoms with E-state index in [1.807, 2.05) is 0 Å². The van der Waals surface area contributed by atoms with Crippen molar-refractivity contribution in [3.63, 3.8) is 0 Å². The SMILES string of the molecule is CC1CCC(C)[Se][Se]1. The topological polar surface area (TPSA) is 0 Å². The molecular weight excluding hydrogens is 230 g/mol. The molecule has 1 saturated heterocycles. The fraction of sp³-hybridized carbons (Fsp3) is 1.00. The molecule has 0 amide bonds. The molecule has 0 spiro atoms. The molecule has 0 aliphatic carbocycles. The Morgan fingerprint density at radius 2 is 1.38 bits per heavy atom. The summed E-state index contributed by atoms with van der Waals surface area (Å²) in [5, 5.41) is 0. The van der Waals surface area contributed by atoms with Crippen LogP contribution in [0.5, 0.6) is 0 Å². The third-order valence-electron chi connectivity index (χ3n) is 1.36. The van der Waals surface area contributed by atoms with E-state index in [2.05, 4.69) is 13.8 Å². The zero-order chi connectivity index (χ0) is 5.98. The van der Waals surface area contributed by atoms with Crippen molar-refractivity contribution < 1.29 is 0 Å². The predicted octanol–water partition coefficient (Wildman–Crippen LogP) is 1.72. The average Bonchev–Trinajstić information content (AvgIpc) is 1.77. The molecule has 1 fully saturated rings. The Balaban J connectivity index is 2.19. The van der Waals surface area contributed by atoms with Gasteiger partial charge in [-0.1, -0.05) is 0 Å². The van der Waals surface area contributed by atoms with E-state index < -0.39 is 0 Å². The predicted molar refractivity (Wildman–Crippen MR) is 39.6 cm³/mol. The van der Waals surface area contributed by atoms with Gasteiger partial charge in [-0.25, -0.2) is 0 Å². The Hall–Kier alpha value is 1.04. The van der Waals surface area contributed by atoms with Crippen molar-refractivity contribution in [2.24, 2.45) is 0 Å². The summed E-state index contributed by atoms with van der Waals surface area (Å²) in [4.78, 5) is 2.22. The molecule has 8 heavy (non-hydrogen) atoms. The Bertz CT molecular complexity index is 54.9. The van der Waals surface area contributed by atoms with E-state index in [9.17, 15) is 0 Å². The van der Waals surface area contributed by atoms with Crippen LogP contribution in [0.4, 0.5) is 0 Å². The van der Waals surface area contributed by atoms with Crippen LogP contribution in [0, 0.1) is 0 Å². The number of hydrogen-bond acceptors (Lipinski definition) is 0. The van der Waals surface area contributed by atoms with Gasteiger partial charge in [0.05, 0.1) is 0 Å². The van der Waals surface area contributed by atoms with Gasteiger partial charge in [0.1, 0.15) is 0 Å². The van der Waals surface area contributed by atoms with Gasteiger partial charge in [-0.3, -0.25) is 0 Å². The van der Waals surface area contributed by atoms with E-state index >= 15 is 0 Å². The van der Waals surface area contributed by atoms with Gasteiger partial charge < -0.3 is 0 Å². The third kappa shape index (κ3) is 2.11. The van der Waals surface area contributed by atoms with Crippen LogP contribution in [-0.2, 0) is 0 Å². The molecule has 48 valence electrons. The van der Waals surface area contributed by atoms with E-state index in [1.54, 1.807) is 0 Å². The molecule has 2 atom stereocenters. The molecule has 0 aromatic heterocycles. The van der Waals surface area contributed by atoms with Crippen molar-refractivity contribution in [2.75, 3.05) is 0 Å². The van der Waals surface area contributed by atoms with Crippen LogP contribution >= 0.6 is 0 Å². The van der Waals surface area contributed by atoms with Gasteiger partial charge in [0.2, 0.25) is 0 Å². The van der Waals surface area contributed by atoms with Crippen LogP contribution in [-0.4, -0.2) is 26.3 Å². The van der Waals surface area contributed by atoms with Crippen molar-refractivity contribution in [3.05, 3.63) is 0 Å². The van der Waals surface area contributed by atoms with E-state index in [1.165, 1.54) is 12.8 Å². The van der Waals surface area contributed by atoms with Crippen molar-refractivity contribution >= 4 is 26.3 Å². The second-order valence-corrected chi connectivity index (χ2v) is 10.8. The zero-order valence-corrected chi connectivity index (χ0v) is 8.81. The molecule has 2 unspecified atom stereocenters. The third-order valence-corrected chi connectivity index (χ3v) is 12.3. The molecule has 0 bridgehead atoms. The minimum absolute atomic E-state index is 1.05. The summed E-state index contributed by atoms with van der Waals surface area (Å²) in [5.41, 5.74) is 0. The molecule has 0 nitrogen and oxygen atoms in total. The van der Waals surface area contributed by atoms with Gasteiger partial charge in [-0.2, -0.15) is 0 Å². The van der Waals surface area contributed by atoms with E-state index in [0.29, 0.717) is 0 Å². The summed E-state index contributed by atoms with van der Waals surface area (Å²) in [5.74, 6) is 0. The monoisotopic (exact) mass is 244 g/mol. The summed E-state index contributed by atoms with van der Waals surface area (Å²) in [7, 11) is 0. The maximum absolute atomic E-state index is 2.41. The summed E-state index contributed by atoms with van der Waals surface area (Å²) in [6, 6.07) is 0. The zero-order valence-electron chi connectivity index (χ0n) is 5.39. The first-order chi connectivity index (χ1) is 3.79. The Labute approximate surface area is 62.7 Å². The molecule has 2 heteroatoms. The quantitative estimate of drug-likeness (QED) is 0.567. The Morgan fingerprint density at radius 1 is 1.00 bits per heavy atom. The van der Waals surface area contributed by atoms with E-state index in [4.69, 9.17) is 0 Å². The summed E-state index contributed by atoms with van der Waals surface area (Å²) in [6.45, 7) is 4.82. The second kappa shape index (κ2) is 3.27. The summed E-state index contributed by atoms with van der Waals surface area (Å²) >= 11 is 2.09. The molecule has 0 saturated carbocycles. The first-order valence-electron chi connectivity index (χ1n) is 3.11. The van der Waals surface area contributed by atoms with Gasteiger partial charge in [0, 0.05) is 0 Å². The van der Waals surface area contributed by atoms with Crippen molar-refractivity contribution in [3.8, 4) is 0 Å². The van der Waals surface area contributed by atoms with Gasteiger partial charge >= 0.3 is 62.6 Å². The van der Waals surface area contributed by atoms with Crippen LogP contribution in [0.2, 0.25) is 9.63 Å². The fourth-order valence-corrected chi connectivity index (χ4v) is 8.76. The van der Waals surface area contributed by atoms with Crippen molar-refractivity contribution in [1.29, 1.82) is 0 Å². The maximum atomic E-state index is 2.41. The van der Waals surface area contributed by atoms with Gasteiger partial charge in [0.15, 0.2) is 0 Å². The molecule has 1 heterocycles. The van der Waals surface area contributed by atoms with E-state index in [-0.39, 0.29) is 0 Å². The summed E-state index contributed by atoms with van der Waals surface area (Å²) < 4.78 is 0.